The number of anilines is 1. The molecule has 1 fully saturated rings. The number of carbonyl (C=O) groups is 1. The van der Waals surface area contributed by atoms with Crippen molar-refractivity contribution in [2.24, 2.45) is 12.0 Å². The lowest BCUT2D eigenvalue weighted by molar-refractivity contribution is -0.120. The number of piperazine rings is 1. The minimum atomic E-state index is 0. The number of hydrogen-bond donors (Lipinski definition) is 1. The van der Waals surface area contributed by atoms with Gasteiger partial charge in [-0.15, -0.1) is 24.0 Å². The molecule has 1 aromatic heterocycles. The van der Waals surface area contributed by atoms with E-state index < -0.39 is 0 Å². The Kier molecular flexibility index (Phi) is 7.44. The Morgan fingerprint density at radius 3 is 2.81 bits per heavy atom. The van der Waals surface area contributed by atoms with Crippen LogP contribution in [0.4, 0.5) is 5.69 Å². The fourth-order valence-corrected chi connectivity index (χ4v) is 3.28. The van der Waals surface area contributed by atoms with Crippen LogP contribution in [0.15, 0.2) is 46.1 Å². The van der Waals surface area contributed by atoms with E-state index in [0.717, 1.165) is 28.2 Å². The van der Waals surface area contributed by atoms with Crippen LogP contribution in [-0.2, 0) is 18.4 Å². The summed E-state index contributed by atoms with van der Waals surface area (Å²) in [5, 5.41) is 7.47. The first-order chi connectivity index (χ1) is 12.1. The molecule has 0 unspecified atom stereocenters. The van der Waals surface area contributed by atoms with E-state index in [1.807, 2.05) is 30.3 Å². The van der Waals surface area contributed by atoms with E-state index in [9.17, 15) is 4.79 Å². The number of aromatic nitrogens is 2. The molecule has 1 saturated heterocycles. The van der Waals surface area contributed by atoms with Crippen LogP contribution in [0, 0.1) is 0 Å². The summed E-state index contributed by atoms with van der Waals surface area (Å²) in [4.78, 5) is 20.6. The molecule has 1 aromatic carbocycles. The van der Waals surface area contributed by atoms with Crippen molar-refractivity contribution < 1.29 is 4.79 Å². The van der Waals surface area contributed by atoms with E-state index in [-0.39, 0.29) is 29.9 Å². The van der Waals surface area contributed by atoms with Crippen molar-refractivity contribution in [2.75, 3.05) is 31.6 Å². The monoisotopic (exact) mass is 532 g/mol. The van der Waals surface area contributed by atoms with Crippen LogP contribution < -0.4 is 10.2 Å². The SMILES string of the molecule is CN=C(NCc1cccc(Br)c1)N1CCN(c2cnn(C)c2)C(=O)C1.I. The van der Waals surface area contributed by atoms with Gasteiger partial charge in [-0.05, 0) is 17.7 Å². The molecule has 2 aromatic rings. The molecule has 1 N–H and O–H groups in total. The maximum Gasteiger partial charge on any atom is 0.246 e. The highest BCUT2D eigenvalue weighted by Gasteiger charge is 2.27. The van der Waals surface area contributed by atoms with Gasteiger partial charge in [0, 0.05) is 44.4 Å². The lowest BCUT2D eigenvalue weighted by atomic mass is 10.2. The third-order valence-corrected chi connectivity index (χ3v) is 4.57. The Morgan fingerprint density at radius 1 is 1.38 bits per heavy atom. The number of aliphatic imine (C=N–C) groups is 1. The van der Waals surface area contributed by atoms with Crippen LogP contribution in [0.3, 0.4) is 0 Å². The molecule has 0 saturated carbocycles. The number of halogens is 2. The van der Waals surface area contributed by atoms with Crippen molar-refractivity contribution in [1.29, 1.82) is 0 Å². The normalized spacial score (nSPS) is 15.0. The van der Waals surface area contributed by atoms with E-state index in [0.29, 0.717) is 19.6 Å². The Bertz CT molecular complexity index is 793. The second-order valence-corrected chi connectivity index (χ2v) is 6.79. The number of amides is 1. The number of nitrogens with zero attached hydrogens (tertiary/aromatic N) is 5. The number of rotatable bonds is 3. The van der Waals surface area contributed by atoms with Gasteiger partial charge in [-0.3, -0.25) is 14.5 Å². The summed E-state index contributed by atoms with van der Waals surface area (Å²) in [6.07, 6.45) is 3.57. The van der Waals surface area contributed by atoms with Crippen molar-refractivity contribution in [3.63, 3.8) is 0 Å². The molecular formula is C17H22BrIN6O. The maximum absolute atomic E-state index is 12.5. The lowest BCUT2D eigenvalue weighted by Crippen LogP contribution is -2.55. The van der Waals surface area contributed by atoms with Crippen LogP contribution in [0.1, 0.15) is 5.56 Å². The number of carbonyl (C=O) groups excluding carboxylic acids is 1. The third kappa shape index (κ3) is 4.97. The van der Waals surface area contributed by atoms with Gasteiger partial charge in [-0.1, -0.05) is 28.1 Å². The largest absolute Gasteiger partial charge is 0.352 e. The van der Waals surface area contributed by atoms with E-state index >= 15 is 0 Å². The van der Waals surface area contributed by atoms with Crippen molar-refractivity contribution in [3.8, 4) is 0 Å². The molecule has 1 amide bonds. The van der Waals surface area contributed by atoms with Gasteiger partial charge in [0.2, 0.25) is 5.91 Å². The van der Waals surface area contributed by atoms with Crippen LogP contribution in [0.2, 0.25) is 0 Å². The van der Waals surface area contributed by atoms with Gasteiger partial charge in [0.05, 0.1) is 11.9 Å². The van der Waals surface area contributed by atoms with Gasteiger partial charge in [-0.2, -0.15) is 5.10 Å². The van der Waals surface area contributed by atoms with Gasteiger partial charge in [-0.25, -0.2) is 0 Å². The van der Waals surface area contributed by atoms with Crippen molar-refractivity contribution >= 4 is 57.5 Å². The van der Waals surface area contributed by atoms with Crippen molar-refractivity contribution in [1.82, 2.24) is 20.0 Å². The quantitative estimate of drug-likeness (QED) is 0.374. The van der Waals surface area contributed by atoms with E-state index in [1.54, 1.807) is 22.8 Å². The first-order valence-electron chi connectivity index (χ1n) is 8.06. The molecule has 1 aliphatic rings. The molecule has 3 rings (SSSR count). The summed E-state index contributed by atoms with van der Waals surface area (Å²) >= 11 is 3.48. The fraction of sp³-hybridized carbons (Fsp3) is 0.353. The highest BCUT2D eigenvalue weighted by molar-refractivity contribution is 14.0. The highest BCUT2D eigenvalue weighted by Crippen LogP contribution is 2.16. The van der Waals surface area contributed by atoms with Gasteiger partial charge < -0.3 is 15.1 Å². The molecule has 0 spiro atoms. The minimum Gasteiger partial charge on any atom is -0.352 e. The summed E-state index contributed by atoms with van der Waals surface area (Å²) in [6.45, 7) is 2.29. The lowest BCUT2D eigenvalue weighted by Gasteiger charge is -2.35. The predicted molar refractivity (Wildman–Crippen MR) is 117 cm³/mol. The smallest absolute Gasteiger partial charge is 0.246 e. The molecule has 0 atom stereocenters. The zero-order chi connectivity index (χ0) is 17.8. The fourth-order valence-electron chi connectivity index (χ4n) is 2.83. The average Bonchev–Trinajstić information content (AvgIpc) is 3.02. The van der Waals surface area contributed by atoms with Gasteiger partial charge >= 0.3 is 0 Å². The van der Waals surface area contributed by atoms with Crippen molar-refractivity contribution in [3.05, 3.63) is 46.7 Å². The van der Waals surface area contributed by atoms with E-state index in [2.05, 4.69) is 43.5 Å². The second-order valence-electron chi connectivity index (χ2n) is 5.87. The first kappa shape index (κ1) is 20.7. The first-order valence-corrected chi connectivity index (χ1v) is 8.85. The summed E-state index contributed by atoms with van der Waals surface area (Å²) in [5.74, 6) is 0.781. The average molecular weight is 533 g/mol. The Morgan fingerprint density at radius 2 is 2.19 bits per heavy atom. The molecule has 0 radical (unpaired) electrons. The molecule has 7 nitrogen and oxygen atoms in total. The number of hydrogen-bond acceptors (Lipinski definition) is 3. The van der Waals surface area contributed by atoms with E-state index in [4.69, 9.17) is 0 Å². The standard InChI is InChI=1S/C17H21BrN6O.HI/c1-19-17(20-9-13-4-3-5-14(18)8-13)23-6-7-24(16(25)12-23)15-10-21-22(2)11-15;/h3-5,8,10-11H,6-7,9,12H2,1-2H3,(H,19,20);1H. The summed E-state index contributed by atoms with van der Waals surface area (Å²) < 4.78 is 2.75. The molecule has 0 aliphatic carbocycles. The number of aryl methyl sites for hydroxylation is 1. The zero-order valence-corrected chi connectivity index (χ0v) is 18.6. The number of guanidine groups is 1. The van der Waals surface area contributed by atoms with Crippen molar-refractivity contribution in [2.45, 2.75) is 6.54 Å². The number of nitrogens with one attached hydrogen (secondary N) is 1. The molecule has 140 valence electrons. The zero-order valence-electron chi connectivity index (χ0n) is 14.7. The minimum absolute atomic E-state index is 0. The Labute approximate surface area is 178 Å². The number of benzene rings is 1. The topological polar surface area (TPSA) is 65.8 Å². The highest BCUT2D eigenvalue weighted by atomic mass is 127. The van der Waals surface area contributed by atoms with Gasteiger partial charge in [0.1, 0.15) is 6.54 Å². The van der Waals surface area contributed by atoms with Gasteiger partial charge in [0.15, 0.2) is 5.96 Å². The molecule has 9 heteroatoms. The van der Waals surface area contributed by atoms with Crippen LogP contribution in [0.5, 0.6) is 0 Å². The predicted octanol–water partition coefficient (Wildman–Crippen LogP) is 2.22. The molecular weight excluding hydrogens is 511 g/mol. The Hall–Kier alpha value is -1.62. The van der Waals surface area contributed by atoms with Crippen LogP contribution >= 0.6 is 39.9 Å². The Balaban J connectivity index is 0.00000243. The summed E-state index contributed by atoms with van der Waals surface area (Å²) in [7, 11) is 3.58. The molecule has 0 bridgehead atoms. The summed E-state index contributed by atoms with van der Waals surface area (Å²) in [6, 6.07) is 8.11. The van der Waals surface area contributed by atoms with Crippen LogP contribution in [-0.4, -0.2) is 53.2 Å². The maximum atomic E-state index is 12.5. The third-order valence-electron chi connectivity index (χ3n) is 4.07. The second kappa shape index (κ2) is 9.36. The molecule has 26 heavy (non-hydrogen) atoms. The van der Waals surface area contributed by atoms with Gasteiger partial charge in [0.25, 0.3) is 0 Å². The molecule has 2 heterocycles. The summed E-state index contributed by atoms with van der Waals surface area (Å²) in [5.41, 5.74) is 1.99. The van der Waals surface area contributed by atoms with E-state index in [1.165, 1.54) is 0 Å². The molecule has 1 aliphatic heterocycles. The van der Waals surface area contributed by atoms with Crippen LogP contribution in [0.25, 0.3) is 0 Å².